The molecule has 1 aromatic heterocycles. The van der Waals surface area contributed by atoms with Crippen LogP contribution in [0.3, 0.4) is 0 Å². The number of nitrogens with one attached hydrogen (secondary N) is 1. The Hall–Kier alpha value is -1.53. The lowest BCUT2D eigenvalue weighted by Gasteiger charge is -2.07. The number of halogens is 1. The van der Waals surface area contributed by atoms with E-state index in [4.69, 9.17) is 4.74 Å². The SMILES string of the molecule is O=C(NCCCOCCBr)c1cccc2nccnc12. The highest BCUT2D eigenvalue weighted by molar-refractivity contribution is 9.09. The van der Waals surface area contributed by atoms with Crippen LogP contribution in [0.1, 0.15) is 16.8 Å². The van der Waals surface area contributed by atoms with Gasteiger partial charge in [-0.3, -0.25) is 14.8 Å². The third kappa shape index (κ3) is 3.98. The quantitative estimate of drug-likeness (QED) is 0.621. The summed E-state index contributed by atoms with van der Waals surface area (Å²) in [6.07, 6.45) is 3.99. The second kappa shape index (κ2) is 7.91. The standard InChI is InChI=1S/C14H16BrN3O2/c15-5-10-20-9-2-6-18-14(19)11-3-1-4-12-13(11)17-8-7-16-12/h1,3-4,7-8H,2,5-6,9-10H2,(H,18,19). The van der Waals surface area contributed by atoms with Crippen molar-refractivity contribution in [3.63, 3.8) is 0 Å². The van der Waals surface area contributed by atoms with Gasteiger partial charge in [-0.2, -0.15) is 0 Å². The lowest BCUT2D eigenvalue weighted by molar-refractivity contribution is 0.0946. The minimum absolute atomic E-state index is 0.128. The van der Waals surface area contributed by atoms with Gasteiger partial charge in [0.05, 0.1) is 17.7 Å². The maximum Gasteiger partial charge on any atom is 0.253 e. The van der Waals surface area contributed by atoms with E-state index in [1.807, 2.05) is 12.1 Å². The summed E-state index contributed by atoms with van der Waals surface area (Å²) in [5.41, 5.74) is 1.90. The predicted octanol–water partition coefficient (Wildman–Crippen LogP) is 2.16. The number of para-hydroxylation sites is 1. The molecular weight excluding hydrogens is 322 g/mol. The van der Waals surface area contributed by atoms with Gasteiger partial charge in [0.2, 0.25) is 0 Å². The summed E-state index contributed by atoms with van der Waals surface area (Å²) in [4.78, 5) is 20.5. The van der Waals surface area contributed by atoms with Gasteiger partial charge < -0.3 is 10.1 Å². The number of alkyl halides is 1. The van der Waals surface area contributed by atoms with Crippen molar-refractivity contribution in [2.24, 2.45) is 0 Å². The summed E-state index contributed by atoms with van der Waals surface area (Å²) in [5.74, 6) is -0.128. The molecule has 0 saturated heterocycles. The molecule has 106 valence electrons. The van der Waals surface area contributed by atoms with E-state index in [9.17, 15) is 4.79 Å². The van der Waals surface area contributed by atoms with Gasteiger partial charge in [-0.1, -0.05) is 22.0 Å². The topological polar surface area (TPSA) is 64.1 Å². The first-order chi connectivity index (χ1) is 9.83. The Labute approximate surface area is 125 Å². The second-order valence-electron chi connectivity index (χ2n) is 4.14. The van der Waals surface area contributed by atoms with Crippen molar-refractivity contribution < 1.29 is 9.53 Å². The van der Waals surface area contributed by atoms with Crippen molar-refractivity contribution in [1.82, 2.24) is 15.3 Å². The lowest BCUT2D eigenvalue weighted by Crippen LogP contribution is -2.25. The van der Waals surface area contributed by atoms with Crippen LogP contribution in [0.2, 0.25) is 0 Å². The number of hydrogen-bond acceptors (Lipinski definition) is 4. The Morgan fingerprint density at radius 1 is 1.25 bits per heavy atom. The number of nitrogens with zero attached hydrogens (tertiary/aromatic N) is 2. The molecule has 0 aliphatic carbocycles. The Kier molecular flexibility index (Phi) is 5.88. The molecule has 0 saturated carbocycles. The summed E-state index contributed by atoms with van der Waals surface area (Å²) < 4.78 is 5.32. The summed E-state index contributed by atoms with van der Waals surface area (Å²) in [5, 5.41) is 3.70. The molecule has 6 heteroatoms. The van der Waals surface area contributed by atoms with E-state index in [1.165, 1.54) is 0 Å². The molecule has 0 bridgehead atoms. The van der Waals surface area contributed by atoms with Crippen LogP contribution in [0, 0.1) is 0 Å². The molecule has 0 atom stereocenters. The average molecular weight is 338 g/mol. The molecule has 0 radical (unpaired) electrons. The number of aromatic nitrogens is 2. The molecular formula is C14H16BrN3O2. The summed E-state index contributed by atoms with van der Waals surface area (Å²) >= 11 is 3.29. The third-order valence-electron chi connectivity index (χ3n) is 2.72. The fourth-order valence-corrected chi connectivity index (χ4v) is 2.03. The zero-order valence-corrected chi connectivity index (χ0v) is 12.6. The van der Waals surface area contributed by atoms with E-state index in [0.29, 0.717) is 30.8 Å². The van der Waals surface area contributed by atoms with Gasteiger partial charge in [-0.25, -0.2) is 0 Å². The van der Waals surface area contributed by atoms with Crippen LogP contribution in [0.5, 0.6) is 0 Å². The zero-order chi connectivity index (χ0) is 14.2. The third-order valence-corrected chi connectivity index (χ3v) is 3.04. The first kappa shape index (κ1) is 14.9. The van der Waals surface area contributed by atoms with E-state index < -0.39 is 0 Å². The zero-order valence-electron chi connectivity index (χ0n) is 11.0. The fraction of sp³-hybridized carbons (Fsp3) is 0.357. The molecule has 20 heavy (non-hydrogen) atoms. The minimum atomic E-state index is -0.128. The number of carbonyl (C=O) groups excluding carboxylic acids is 1. The Morgan fingerprint density at radius 2 is 2.10 bits per heavy atom. The molecule has 2 aromatic rings. The highest BCUT2D eigenvalue weighted by Gasteiger charge is 2.10. The van der Waals surface area contributed by atoms with Gasteiger partial charge >= 0.3 is 0 Å². The number of benzene rings is 1. The van der Waals surface area contributed by atoms with Gasteiger partial charge in [0, 0.05) is 30.9 Å². The molecule has 0 unspecified atom stereocenters. The Morgan fingerprint density at radius 3 is 2.95 bits per heavy atom. The largest absolute Gasteiger partial charge is 0.381 e. The molecule has 0 fully saturated rings. The summed E-state index contributed by atoms with van der Waals surface area (Å²) in [7, 11) is 0. The molecule has 0 aliphatic rings. The first-order valence-corrected chi connectivity index (χ1v) is 7.56. The van der Waals surface area contributed by atoms with Crippen LogP contribution < -0.4 is 5.32 Å². The number of hydrogen-bond donors (Lipinski definition) is 1. The number of amides is 1. The van der Waals surface area contributed by atoms with Gasteiger partial charge in [-0.05, 0) is 18.6 Å². The highest BCUT2D eigenvalue weighted by atomic mass is 79.9. The molecule has 2 rings (SSSR count). The van der Waals surface area contributed by atoms with Crippen molar-refractivity contribution in [2.75, 3.05) is 25.1 Å². The van der Waals surface area contributed by atoms with Crippen LogP contribution in [-0.2, 0) is 4.74 Å². The van der Waals surface area contributed by atoms with Crippen molar-refractivity contribution in [1.29, 1.82) is 0 Å². The normalized spacial score (nSPS) is 10.7. The van der Waals surface area contributed by atoms with E-state index in [2.05, 4.69) is 31.2 Å². The van der Waals surface area contributed by atoms with Crippen molar-refractivity contribution >= 4 is 32.9 Å². The van der Waals surface area contributed by atoms with E-state index in [-0.39, 0.29) is 5.91 Å². The number of fused-ring (bicyclic) bond motifs is 1. The van der Waals surface area contributed by atoms with Gasteiger partial charge in [0.25, 0.3) is 5.91 Å². The molecule has 1 N–H and O–H groups in total. The highest BCUT2D eigenvalue weighted by Crippen LogP contribution is 2.13. The van der Waals surface area contributed by atoms with Gasteiger partial charge in [0.1, 0.15) is 5.52 Å². The number of ether oxygens (including phenoxy) is 1. The average Bonchev–Trinajstić information content (AvgIpc) is 2.50. The minimum Gasteiger partial charge on any atom is -0.381 e. The smallest absolute Gasteiger partial charge is 0.253 e. The maximum absolute atomic E-state index is 12.1. The second-order valence-corrected chi connectivity index (χ2v) is 4.93. The summed E-state index contributed by atoms with van der Waals surface area (Å²) in [6.45, 7) is 1.91. The van der Waals surface area contributed by atoms with Crippen LogP contribution in [0.25, 0.3) is 11.0 Å². The van der Waals surface area contributed by atoms with E-state index in [0.717, 1.165) is 17.3 Å². The fourth-order valence-electron chi connectivity index (χ4n) is 1.80. The van der Waals surface area contributed by atoms with Crippen molar-refractivity contribution in [3.05, 3.63) is 36.2 Å². The Bertz CT molecular complexity index is 572. The van der Waals surface area contributed by atoms with E-state index in [1.54, 1.807) is 18.5 Å². The summed E-state index contributed by atoms with van der Waals surface area (Å²) in [6, 6.07) is 5.41. The van der Waals surface area contributed by atoms with Crippen LogP contribution >= 0.6 is 15.9 Å². The van der Waals surface area contributed by atoms with Crippen molar-refractivity contribution in [2.45, 2.75) is 6.42 Å². The van der Waals surface area contributed by atoms with Crippen molar-refractivity contribution in [3.8, 4) is 0 Å². The maximum atomic E-state index is 12.1. The lowest BCUT2D eigenvalue weighted by atomic mass is 10.1. The number of rotatable bonds is 7. The predicted molar refractivity (Wildman–Crippen MR) is 81.1 cm³/mol. The first-order valence-electron chi connectivity index (χ1n) is 6.44. The Balaban J connectivity index is 1.91. The van der Waals surface area contributed by atoms with Crippen LogP contribution in [-0.4, -0.2) is 41.0 Å². The molecule has 1 amide bonds. The van der Waals surface area contributed by atoms with Crippen LogP contribution in [0.15, 0.2) is 30.6 Å². The van der Waals surface area contributed by atoms with Crippen LogP contribution in [0.4, 0.5) is 0 Å². The molecule has 1 aromatic carbocycles. The van der Waals surface area contributed by atoms with Gasteiger partial charge in [-0.15, -0.1) is 0 Å². The monoisotopic (exact) mass is 337 g/mol. The number of carbonyl (C=O) groups is 1. The molecule has 1 heterocycles. The van der Waals surface area contributed by atoms with E-state index >= 15 is 0 Å². The molecule has 5 nitrogen and oxygen atoms in total. The molecule has 0 spiro atoms. The molecule has 0 aliphatic heterocycles. The van der Waals surface area contributed by atoms with Gasteiger partial charge in [0.15, 0.2) is 0 Å².